The third-order valence-corrected chi connectivity index (χ3v) is 4.31. The van der Waals surface area contributed by atoms with E-state index in [2.05, 4.69) is 4.72 Å². The van der Waals surface area contributed by atoms with Crippen LogP contribution in [0.3, 0.4) is 0 Å². The Hall–Kier alpha value is -1.65. The van der Waals surface area contributed by atoms with Crippen molar-refractivity contribution in [1.82, 2.24) is 4.72 Å². The third-order valence-electron chi connectivity index (χ3n) is 2.75. The number of rotatable bonds is 5. The summed E-state index contributed by atoms with van der Waals surface area (Å²) in [4.78, 5) is 11.4. The second-order valence-electron chi connectivity index (χ2n) is 4.55. The maximum Gasteiger partial charge on any atom is 0.426 e. The normalized spacial score (nSPS) is 15.2. The summed E-state index contributed by atoms with van der Waals surface area (Å²) in [7, 11) is -3.70. The fraction of sp³-hybridized carbons (Fsp3) is 0.417. The molecule has 0 heterocycles. The highest BCUT2D eigenvalue weighted by atomic mass is 32.2. The van der Waals surface area contributed by atoms with E-state index in [9.17, 15) is 31.5 Å². The summed E-state index contributed by atoms with van der Waals surface area (Å²) in [6.45, 7) is 2.09. The lowest BCUT2D eigenvalue weighted by Crippen LogP contribution is -2.52. The maximum absolute atomic E-state index is 12.5. The van der Waals surface area contributed by atoms with E-state index < -0.39 is 27.7 Å². The highest BCUT2D eigenvalue weighted by molar-refractivity contribution is 7.89. The first kappa shape index (κ1) is 18.4. The molecular formula is C12H15F3N2O4S. The molecule has 3 N–H and O–H groups in total. The number of hydrogen-bond donors (Lipinski definition) is 3. The van der Waals surface area contributed by atoms with Gasteiger partial charge in [0.05, 0.1) is 4.90 Å². The van der Waals surface area contributed by atoms with E-state index in [-0.39, 0.29) is 17.1 Å². The molecule has 0 aliphatic rings. The lowest BCUT2D eigenvalue weighted by molar-refractivity contribution is -0.242. The Labute approximate surface area is 125 Å². The zero-order chi connectivity index (χ0) is 17.2. The van der Waals surface area contributed by atoms with Gasteiger partial charge in [-0.25, -0.2) is 13.1 Å². The molecule has 0 aliphatic heterocycles. The molecular weight excluding hydrogens is 325 g/mol. The number of halogens is 3. The predicted molar refractivity (Wildman–Crippen MR) is 72.6 cm³/mol. The number of hydrogen-bond acceptors (Lipinski definition) is 4. The largest absolute Gasteiger partial charge is 0.426 e. The van der Waals surface area contributed by atoms with Gasteiger partial charge in [0.25, 0.3) is 5.91 Å². The lowest BCUT2D eigenvalue weighted by Gasteiger charge is -2.24. The smallest absolute Gasteiger partial charge is 0.373 e. The van der Waals surface area contributed by atoms with Crippen molar-refractivity contribution in [2.45, 2.75) is 30.5 Å². The van der Waals surface area contributed by atoms with Crippen molar-refractivity contribution < 1.29 is 31.5 Å². The number of benzene rings is 1. The monoisotopic (exact) mass is 340 g/mol. The molecule has 10 heteroatoms. The van der Waals surface area contributed by atoms with Gasteiger partial charge in [0.1, 0.15) is 0 Å². The van der Waals surface area contributed by atoms with Crippen LogP contribution in [0, 0.1) is 0 Å². The van der Waals surface area contributed by atoms with Gasteiger partial charge in [-0.2, -0.15) is 13.2 Å². The SMILES string of the molecule is CCNS(=O)(=O)c1ccc(NC(=O)C(C)(O)C(F)(F)F)cc1. The van der Waals surface area contributed by atoms with Crippen molar-refractivity contribution in [3.8, 4) is 0 Å². The first-order chi connectivity index (χ1) is 9.91. The number of anilines is 1. The summed E-state index contributed by atoms with van der Waals surface area (Å²) in [5, 5.41) is 11.1. The van der Waals surface area contributed by atoms with Crippen molar-refractivity contribution in [1.29, 1.82) is 0 Å². The molecule has 0 spiro atoms. The minimum Gasteiger partial charge on any atom is -0.373 e. The van der Waals surface area contributed by atoms with Crippen molar-refractivity contribution >= 4 is 21.6 Å². The minimum atomic E-state index is -5.13. The van der Waals surface area contributed by atoms with Crippen molar-refractivity contribution in [2.75, 3.05) is 11.9 Å². The summed E-state index contributed by atoms with van der Waals surface area (Å²) < 4.78 is 63.1. The Bertz CT molecular complexity index is 639. The number of carbonyl (C=O) groups is 1. The van der Waals surface area contributed by atoms with E-state index in [0.29, 0.717) is 6.92 Å². The van der Waals surface area contributed by atoms with Gasteiger partial charge < -0.3 is 10.4 Å². The Morgan fingerprint density at radius 1 is 1.23 bits per heavy atom. The first-order valence-electron chi connectivity index (χ1n) is 6.12. The summed E-state index contributed by atoms with van der Waals surface area (Å²) in [5.41, 5.74) is -3.63. The molecule has 1 aromatic carbocycles. The molecule has 0 radical (unpaired) electrons. The average Bonchev–Trinajstić information content (AvgIpc) is 2.37. The topological polar surface area (TPSA) is 95.5 Å². The quantitative estimate of drug-likeness (QED) is 0.751. The van der Waals surface area contributed by atoms with E-state index in [4.69, 9.17) is 0 Å². The van der Waals surface area contributed by atoms with Crippen LogP contribution >= 0.6 is 0 Å². The van der Waals surface area contributed by atoms with Crippen LogP contribution in [-0.4, -0.2) is 37.8 Å². The van der Waals surface area contributed by atoms with Crippen molar-refractivity contribution in [3.63, 3.8) is 0 Å². The Kier molecular flexibility index (Phi) is 5.21. The molecule has 1 unspecified atom stereocenters. The maximum atomic E-state index is 12.5. The fourth-order valence-electron chi connectivity index (χ4n) is 1.37. The van der Waals surface area contributed by atoms with Crippen LogP contribution in [0.25, 0.3) is 0 Å². The van der Waals surface area contributed by atoms with Crippen molar-refractivity contribution in [2.24, 2.45) is 0 Å². The van der Waals surface area contributed by atoms with E-state index >= 15 is 0 Å². The molecule has 0 fully saturated rings. The predicted octanol–water partition coefficient (Wildman–Crippen LogP) is 1.24. The zero-order valence-electron chi connectivity index (χ0n) is 11.7. The Morgan fingerprint density at radius 3 is 2.14 bits per heavy atom. The number of nitrogens with one attached hydrogen (secondary N) is 2. The summed E-state index contributed by atoms with van der Waals surface area (Å²) in [5.74, 6) is -1.66. The van der Waals surface area contributed by atoms with Gasteiger partial charge in [-0.3, -0.25) is 4.79 Å². The van der Waals surface area contributed by atoms with Gasteiger partial charge >= 0.3 is 6.18 Å². The number of aliphatic hydroxyl groups is 1. The first-order valence-corrected chi connectivity index (χ1v) is 7.60. The number of amides is 1. The van der Waals surface area contributed by atoms with Crippen LogP contribution in [0.5, 0.6) is 0 Å². The van der Waals surface area contributed by atoms with Crippen LogP contribution in [0.4, 0.5) is 18.9 Å². The van der Waals surface area contributed by atoms with Gasteiger partial charge in [-0.15, -0.1) is 0 Å². The fourth-order valence-corrected chi connectivity index (χ4v) is 2.41. The van der Waals surface area contributed by atoms with E-state index in [1.165, 1.54) is 0 Å². The minimum absolute atomic E-state index is 0.0787. The Balaban J connectivity index is 2.92. The van der Waals surface area contributed by atoms with Crippen LogP contribution < -0.4 is 10.0 Å². The van der Waals surface area contributed by atoms with Crippen molar-refractivity contribution in [3.05, 3.63) is 24.3 Å². The standard InChI is InChI=1S/C12H15F3N2O4S/c1-3-16-22(20,21)9-6-4-8(5-7-9)17-10(18)11(2,19)12(13,14)15/h4-7,16,19H,3H2,1-2H3,(H,17,18). The van der Waals surface area contributed by atoms with E-state index in [1.807, 2.05) is 5.32 Å². The van der Waals surface area contributed by atoms with Crippen LogP contribution in [0.15, 0.2) is 29.2 Å². The zero-order valence-corrected chi connectivity index (χ0v) is 12.5. The molecule has 0 bridgehead atoms. The number of sulfonamides is 1. The number of alkyl halides is 3. The average molecular weight is 340 g/mol. The molecule has 1 aromatic rings. The molecule has 0 saturated heterocycles. The molecule has 1 atom stereocenters. The summed E-state index contributed by atoms with van der Waals surface area (Å²) in [6, 6.07) is 4.48. The van der Waals surface area contributed by atoms with Crippen LogP contribution in [0.2, 0.25) is 0 Å². The van der Waals surface area contributed by atoms with Gasteiger partial charge in [0.2, 0.25) is 15.6 Å². The Morgan fingerprint density at radius 2 is 1.73 bits per heavy atom. The molecule has 22 heavy (non-hydrogen) atoms. The molecule has 0 saturated carbocycles. The molecule has 0 aliphatic carbocycles. The second-order valence-corrected chi connectivity index (χ2v) is 6.32. The highest BCUT2D eigenvalue weighted by Gasteiger charge is 2.55. The van der Waals surface area contributed by atoms with Gasteiger partial charge in [-0.1, -0.05) is 6.92 Å². The van der Waals surface area contributed by atoms with Gasteiger partial charge in [0.15, 0.2) is 0 Å². The third kappa shape index (κ3) is 3.96. The second kappa shape index (κ2) is 6.23. The van der Waals surface area contributed by atoms with Crippen LogP contribution in [-0.2, 0) is 14.8 Å². The van der Waals surface area contributed by atoms with Gasteiger partial charge in [0, 0.05) is 12.2 Å². The lowest BCUT2D eigenvalue weighted by atomic mass is 10.1. The molecule has 1 amide bonds. The highest BCUT2D eigenvalue weighted by Crippen LogP contribution is 2.31. The molecule has 0 aromatic heterocycles. The number of carbonyl (C=O) groups excluding carboxylic acids is 1. The van der Waals surface area contributed by atoms with Gasteiger partial charge in [-0.05, 0) is 31.2 Å². The van der Waals surface area contributed by atoms with E-state index in [0.717, 1.165) is 24.3 Å². The molecule has 6 nitrogen and oxygen atoms in total. The summed E-state index contributed by atoms with van der Waals surface area (Å²) >= 11 is 0. The van der Waals surface area contributed by atoms with E-state index in [1.54, 1.807) is 6.92 Å². The van der Waals surface area contributed by atoms with Crippen LogP contribution in [0.1, 0.15) is 13.8 Å². The summed E-state index contributed by atoms with van der Waals surface area (Å²) in [6.07, 6.45) is -5.13. The molecule has 1 rings (SSSR count). The molecule has 124 valence electrons.